The van der Waals surface area contributed by atoms with E-state index in [1.165, 1.54) is 0 Å². The Morgan fingerprint density at radius 3 is 1.75 bits per heavy atom. The Balaban J connectivity index is 4.33. The van der Waals surface area contributed by atoms with Crippen LogP contribution in [0.2, 0.25) is 51.9 Å². The average Bonchev–Trinajstić information content (AvgIpc) is 1.93. The maximum Gasteiger partial charge on any atom is 0.311 e. The minimum absolute atomic E-state index is 0.261. The van der Waals surface area contributed by atoms with E-state index in [9.17, 15) is 0 Å². The molecule has 0 radical (unpaired) electrons. The first-order chi connectivity index (χ1) is 6.97. The van der Waals surface area contributed by atoms with Crippen molar-refractivity contribution in [1.82, 2.24) is 0 Å². The van der Waals surface area contributed by atoms with Gasteiger partial charge in [0.2, 0.25) is 0 Å². The first-order valence-corrected chi connectivity index (χ1v) is 15.3. The van der Waals surface area contributed by atoms with Crippen molar-refractivity contribution in [3.8, 4) is 0 Å². The van der Waals surface area contributed by atoms with Gasteiger partial charge in [-0.05, 0) is 58.3 Å². The zero-order chi connectivity index (χ0) is 13.0. The highest BCUT2D eigenvalue weighted by Gasteiger charge is 2.37. The molecule has 0 aromatic carbocycles. The van der Waals surface area contributed by atoms with Crippen LogP contribution in [-0.4, -0.2) is 36.9 Å². The Hall–Kier alpha value is 0.531. The number of aliphatic hydroxyl groups is 1. The molecule has 0 amide bonds. The molecule has 98 valence electrons. The Bertz CT molecular complexity index is 212. The zero-order valence-corrected chi connectivity index (χ0v) is 14.9. The van der Waals surface area contributed by atoms with Gasteiger partial charge in [-0.25, -0.2) is 0 Å². The van der Waals surface area contributed by atoms with Crippen molar-refractivity contribution in [1.29, 1.82) is 0 Å². The monoisotopic (exact) mass is 280 g/mol. The summed E-state index contributed by atoms with van der Waals surface area (Å²) in [5, 5.41) is 8.87. The Kier molecular flexibility index (Phi) is 6.12. The fraction of sp³-hybridized carbons (Fsp3) is 1.00. The zero-order valence-electron chi connectivity index (χ0n) is 11.9. The van der Waals surface area contributed by atoms with Gasteiger partial charge in [0.05, 0.1) is 0 Å². The van der Waals surface area contributed by atoms with Gasteiger partial charge in [0.25, 0.3) is 0 Å². The Morgan fingerprint density at radius 2 is 1.38 bits per heavy atom. The van der Waals surface area contributed by atoms with Crippen LogP contribution in [0.1, 0.15) is 6.42 Å². The van der Waals surface area contributed by atoms with Crippen molar-refractivity contribution < 1.29 is 13.3 Å². The lowest BCUT2D eigenvalue weighted by molar-refractivity contribution is 0.291. The summed E-state index contributed by atoms with van der Waals surface area (Å²) in [4.78, 5) is 0. The van der Waals surface area contributed by atoms with Crippen LogP contribution in [0.25, 0.3) is 0 Å². The lowest BCUT2D eigenvalue weighted by Crippen LogP contribution is -2.51. The standard InChI is InChI=1S/C10H28O3Si3/c1-14(2,3)12-16(6,7)13-15(4,5)10-8-9-11/h11H,8-10H2,1-7H3. The summed E-state index contributed by atoms with van der Waals surface area (Å²) in [5.74, 6) is 0. The van der Waals surface area contributed by atoms with Gasteiger partial charge in [-0.15, -0.1) is 0 Å². The molecule has 3 nitrogen and oxygen atoms in total. The van der Waals surface area contributed by atoms with E-state index in [0.29, 0.717) is 0 Å². The highest BCUT2D eigenvalue weighted by molar-refractivity contribution is 6.87. The number of hydrogen-bond acceptors (Lipinski definition) is 3. The minimum Gasteiger partial charge on any atom is -0.437 e. The molecule has 0 saturated carbocycles. The summed E-state index contributed by atoms with van der Waals surface area (Å²) in [7, 11) is -5.16. The molecule has 0 aliphatic carbocycles. The van der Waals surface area contributed by atoms with Gasteiger partial charge in [-0.2, -0.15) is 0 Å². The number of aliphatic hydroxyl groups excluding tert-OH is 1. The number of rotatable bonds is 7. The maximum absolute atomic E-state index is 8.87. The summed E-state index contributed by atoms with van der Waals surface area (Å²) in [6, 6.07) is 1.01. The molecule has 0 unspecified atom stereocenters. The van der Waals surface area contributed by atoms with E-state index in [1.807, 2.05) is 0 Å². The molecular formula is C10H28O3Si3. The molecular weight excluding hydrogens is 252 g/mol. The quantitative estimate of drug-likeness (QED) is 0.728. The SMILES string of the molecule is C[Si](C)(C)O[Si](C)(C)O[Si](C)(C)CCCO. The molecule has 0 saturated heterocycles. The smallest absolute Gasteiger partial charge is 0.311 e. The molecule has 6 heteroatoms. The normalized spacial score (nSPS) is 14.2. The topological polar surface area (TPSA) is 38.7 Å². The molecule has 0 heterocycles. The summed E-state index contributed by atoms with van der Waals surface area (Å²) in [6.07, 6.45) is 0.844. The van der Waals surface area contributed by atoms with Crippen molar-refractivity contribution in [3.05, 3.63) is 0 Å². The largest absolute Gasteiger partial charge is 0.437 e. The van der Waals surface area contributed by atoms with Gasteiger partial charge < -0.3 is 13.3 Å². The van der Waals surface area contributed by atoms with Crippen molar-refractivity contribution >= 4 is 25.2 Å². The molecule has 0 spiro atoms. The molecule has 0 aliphatic heterocycles. The summed E-state index contributed by atoms with van der Waals surface area (Å²) in [6.45, 7) is 15.6. The molecule has 0 fully saturated rings. The molecule has 0 aliphatic rings. The lowest BCUT2D eigenvalue weighted by Gasteiger charge is -2.37. The Morgan fingerprint density at radius 1 is 0.875 bits per heavy atom. The fourth-order valence-corrected chi connectivity index (χ4v) is 15.2. The van der Waals surface area contributed by atoms with E-state index < -0.39 is 25.2 Å². The minimum atomic E-state index is -1.98. The molecule has 0 bridgehead atoms. The highest BCUT2D eigenvalue weighted by atomic mass is 28.5. The van der Waals surface area contributed by atoms with Gasteiger partial charge in [0.15, 0.2) is 16.6 Å². The molecule has 16 heavy (non-hydrogen) atoms. The summed E-state index contributed by atoms with van der Waals surface area (Å²) < 4.78 is 12.5. The van der Waals surface area contributed by atoms with Gasteiger partial charge in [-0.1, -0.05) is 0 Å². The molecule has 0 rings (SSSR count). The van der Waals surface area contributed by atoms with Crippen LogP contribution in [0.4, 0.5) is 0 Å². The third kappa shape index (κ3) is 8.66. The first-order valence-electron chi connectivity index (χ1n) is 5.99. The van der Waals surface area contributed by atoms with Crippen LogP contribution in [-0.2, 0) is 8.23 Å². The third-order valence-electron chi connectivity index (χ3n) is 2.01. The van der Waals surface area contributed by atoms with Crippen LogP contribution >= 0.6 is 0 Å². The van der Waals surface area contributed by atoms with E-state index in [4.69, 9.17) is 13.3 Å². The van der Waals surface area contributed by atoms with E-state index in [2.05, 4.69) is 45.8 Å². The fourth-order valence-electron chi connectivity index (χ4n) is 1.98. The van der Waals surface area contributed by atoms with Gasteiger partial charge >= 0.3 is 8.56 Å². The second-order valence-corrected chi connectivity index (χ2v) is 19.0. The average molecular weight is 281 g/mol. The van der Waals surface area contributed by atoms with Crippen molar-refractivity contribution in [2.45, 2.75) is 58.3 Å². The predicted octanol–water partition coefficient (Wildman–Crippen LogP) is 3.14. The van der Waals surface area contributed by atoms with Gasteiger partial charge in [0.1, 0.15) is 0 Å². The third-order valence-corrected chi connectivity index (χ3v) is 12.2. The van der Waals surface area contributed by atoms with E-state index >= 15 is 0 Å². The van der Waals surface area contributed by atoms with Crippen LogP contribution in [0.3, 0.4) is 0 Å². The van der Waals surface area contributed by atoms with Gasteiger partial charge in [0, 0.05) is 6.61 Å². The Labute approximate surface area is 104 Å². The van der Waals surface area contributed by atoms with E-state index in [0.717, 1.165) is 12.5 Å². The van der Waals surface area contributed by atoms with Gasteiger partial charge in [-0.3, -0.25) is 0 Å². The summed E-state index contributed by atoms with van der Waals surface area (Å²) >= 11 is 0. The van der Waals surface area contributed by atoms with E-state index in [-0.39, 0.29) is 6.61 Å². The van der Waals surface area contributed by atoms with Crippen molar-refractivity contribution in [2.24, 2.45) is 0 Å². The summed E-state index contributed by atoms with van der Waals surface area (Å²) in [5.41, 5.74) is 0. The molecule has 1 N–H and O–H groups in total. The number of hydrogen-bond donors (Lipinski definition) is 1. The maximum atomic E-state index is 8.87. The van der Waals surface area contributed by atoms with Crippen LogP contribution in [0.15, 0.2) is 0 Å². The second kappa shape index (κ2) is 5.92. The lowest BCUT2D eigenvalue weighted by atomic mass is 10.5. The molecule has 0 aromatic heterocycles. The van der Waals surface area contributed by atoms with Crippen LogP contribution < -0.4 is 0 Å². The predicted molar refractivity (Wildman–Crippen MR) is 77.0 cm³/mol. The second-order valence-electron chi connectivity index (χ2n) is 6.30. The molecule has 0 atom stereocenters. The van der Waals surface area contributed by atoms with Crippen molar-refractivity contribution in [3.63, 3.8) is 0 Å². The highest BCUT2D eigenvalue weighted by Crippen LogP contribution is 2.23. The van der Waals surface area contributed by atoms with Crippen molar-refractivity contribution in [2.75, 3.05) is 6.61 Å². The van der Waals surface area contributed by atoms with Crippen LogP contribution in [0.5, 0.6) is 0 Å². The van der Waals surface area contributed by atoms with Crippen LogP contribution in [0, 0.1) is 0 Å². The van der Waals surface area contributed by atoms with E-state index in [1.54, 1.807) is 0 Å². The molecule has 0 aromatic rings. The first kappa shape index (κ1) is 16.5.